The lowest BCUT2D eigenvalue weighted by Crippen LogP contribution is -2.45. The van der Waals surface area contributed by atoms with Gasteiger partial charge in [-0.25, -0.2) is 4.57 Å². The second-order valence-electron chi connectivity index (χ2n) is 18.2. The lowest BCUT2D eigenvalue weighted by molar-refractivity contribution is -0.870. The molecule has 0 saturated carbocycles. The van der Waals surface area contributed by atoms with Gasteiger partial charge in [-0.1, -0.05) is 200 Å². The number of phosphoric acid groups is 1. The maximum absolute atomic E-state index is 12.9. The quantitative estimate of drug-likeness (QED) is 0.0243. The minimum absolute atomic E-state index is 0.0429. The second-order valence-corrected chi connectivity index (χ2v) is 19.6. The van der Waals surface area contributed by atoms with Crippen LogP contribution in [0.1, 0.15) is 187 Å². The van der Waals surface area contributed by atoms with Crippen molar-refractivity contribution >= 4 is 13.7 Å². The van der Waals surface area contributed by atoms with Gasteiger partial charge in [-0.3, -0.25) is 13.8 Å². The number of quaternary nitrogens is 1. The first kappa shape index (κ1) is 62.2. The number of unbranched alkanes of at least 4 members (excludes halogenated alkanes) is 16. The molecule has 0 bridgehead atoms. The Labute approximate surface area is 400 Å². The molecule has 9 heteroatoms. The molecule has 372 valence electrons. The summed E-state index contributed by atoms with van der Waals surface area (Å²) in [5, 5.41) is 13.8. The maximum Gasteiger partial charge on any atom is 0.472 e. The predicted molar refractivity (Wildman–Crippen MR) is 281 cm³/mol. The molecule has 1 amide bonds. The Hall–Kier alpha value is -2.84. The van der Waals surface area contributed by atoms with Gasteiger partial charge in [0.25, 0.3) is 0 Å². The van der Waals surface area contributed by atoms with Crippen LogP contribution in [0.3, 0.4) is 0 Å². The molecule has 0 rings (SSSR count). The summed E-state index contributed by atoms with van der Waals surface area (Å²) in [5.41, 5.74) is 0. The number of carbonyl (C=O) groups excluding carboxylic acids is 1. The number of aliphatic hydroxyl groups excluding tert-OH is 1. The Balaban J connectivity index is 4.46. The highest BCUT2D eigenvalue weighted by atomic mass is 31.2. The molecule has 0 saturated heterocycles. The number of hydrogen-bond donors (Lipinski definition) is 3. The lowest BCUT2D eigenvalue weighted by Gasteiger charge is -2.25. The number of amides is 1. The molecule has 8 nitrogen and oxygen atoms in total. The summed E-state index contributed by atoms with van der Waals surface area (Å²) >= 11 is 0. The van der Waals surface area contributed by atoms with E-state index in [4.69, 9.17) is 9.05 Å². The van der Waals surface area contributed by atoms with Gasteiger partial charge in [0.2, 0.25) is 5.91 Å². The molecule has 0 spiro atoms. The Morgan fingerprint density at radius 1 is 0.538 bits per heavy atom. The van der Waals surface area contributed by atoms with Crippen molar-refractivity contribution in [3.63, 3.8) is 0 Å². The van der Waals surface area contributed by atoms with Crippen LogP contribution < -0.4 is 5.32 Å². The molecular formula is C56H98N2O6P+. The van der Waals surface area contributed by atoms with Crippen LogP contribution in [-0.2, 0) is 18.4 Å². The molecule has 0 aromatic rings. The van der Waals surface area contributed by atoms with Gasteiger partial charge in [-0.2, -0.15) is 0 Å². The van der Waals surface area contributed by atoms with Crippen LogP contribution in [0, 0.1) is 0 Å². The average molecular weight is 926 g/mol. The summed E-state index contributed by atoms with van der Waals surface area (Å²) in [7, 11) is 1.51. The zero-order valence-electron chi connectivity index (χ0n) is 42.2. The summed E-state index contributed by atoms with van der Waals surface area (Å²) in [6, 6.07) is -0.889. The molecule has 3 unspecified atom stereocenters. The van der Waals surface area contributed by atoms with Gasteiger partial charge >= 0.3 is 7.82 Å². The Kier molecular flexibility index (Phi) is 44.3. The van der Waals surface area contributed by atoms with Crippen LogP contribution in [0.4, 0.5) is 0 Å². The van der Waals surface area contributed by atoms with E-state index in [1.807, 2.05) is 27.2 Å². The minimum atomic E-state index is -4.37. The van der Waals surface area contributed by atoms with Crippen molar-refractivity contribution in [3.05, 3.63) is 109 Å². The van der Waals surface area contributed by atoms with Crippen molar-refractivity contribution in [2.75, 3.05) is 40.9 Å². The first-order chi connectivity index (χ1) is 31.5. The number of nitrogens with zero attached hydrogens (tertiary/aromatic N) is 1. The van der Waals surface area contributed by atoms with E-state index in [9.17, 15) is 19.4 Å². The molecule has 0 aromatic carbocycles. The first-order valence-corrected chi connectivity index (χ1v) is 27.3. The molecule has 0 heterocycles. The normalized spacial score (nSPS) is 15.0. The molecule has 3 atom stereocenters. The fourth-order valence-corrected chi connectivity index (χ4v) is 7.42. The van der Waals surface area contributed by atoms with Crippen molar-refractivity contribution in [2.45, 2.75) is 199 Å². The Morgan fingerprint density at radius 2 is 0.938 bits per heavy atom. The van der Waals surface area contributed by atoms with Gasteiger partial charge < -0.3 is 19.8 Å². The summed E-state index contributed by atoms with van der Waals surface area (Å²) in [5.74, 6) is -0.223. The highest BCUT2D eigenvalue weighted by Crippen LogP contribution is 2.43. The third-order valence-corrected chi connectivity index (χ3v) is 11.7. The third kappa shape index (κ3) is 48.9. The number of likely N-dealkylation sites (N-methyl/N-ethyl adjacent to an activating group) is 1. The average Bonchev–Trinajstić information content (AvgIpc) is 3.26. The van der Waals surface area contributed by atoms with Crippen molar-refractivity contribution in [1.82, 2.24) is 5.32 Å². The Bertz CT molecular complexity index is 1420. The fraction of sp³-hybridized carbons (Fsp3) is 0.661. The number of allylic oxidation sites excluding steroid dienone is 17. The molecule has 3 N–H and O–H groups in total. The second kappa shape index (κ2) is 46.3. The summed E-state index contributed by atoms with van der Waals surface area (Å²) in [6.45, 7) is 4.64. The summed E-state index contributed by atoms with van der Waals surface area (Å²) in [6.07, 6.45) is 67.4. The predicted octanol–water partition coefficient (Wildman–Crippen LogP) is 15.3. The van der Waals surface area contributed by atoms with E-state index in [1.54, 1.807) is 6.08 Å². The van der Waals surface area contributed by atoms with Gasteiger partial charge in [-0.05, 0) is 89.9 Å². The monoisotopic (exact) mass is 926 g/mol. The zero-order valence-corrected chi connectivity index (χ0v) is 43.1. The van der Waals surface area contributed by atoms with E-state index in [-0.39, 0.29) is 19.1 Å². The lowest BCUT2D eigenvalue weighted by atomic mass is 10.0. The number of phosphoric ester groups is 1. The summed E-state index contributed by atoms with van der Waals surface area (Å²) in [4.78, 5) is 23.2. The number of rotatable bonds is 45. The van der Waals surface area contributed by atoms with Crippen LogP contribution in [0.5, 0.6) is 0 Å². The Morgan fingerprint density at radius 3 is 1.42 bits per heavy atom. The number of hydrogen-bond acceptors (Lipinski definition) is 5. The molecule has 0 aromatic heterocycles. The van der Waals surface area contributed by atoms with Gasteiger partial charge in [0.1, 0.15) is 13.2 Å². The highest BCUT2D eigenvalue weighted by Gasteiger charge is 2.27. The topological polar surface area (TPSA) is 105 Å². The molecular weight excluding hydrogens is 828 g/mol. The van der Waals surface area contributed by atoms with Crippen molar-refractivity contribution in [3.8, 4) is 0 Å². The van der Waals surface area contributed by atoms with Crippen LogP contribution in [0.15, 0.2) is 109 Å². The van der Waals surface area contributed by atoms with E-state index in [2.05, 4.69) is 116 Å². The van der Waals surface area contributed by atoms with Crippen LogP contribution >= 0.6 is 7.82 Å². The third-order valence-electron chi connectivity index (χ3n) is 10.7. The molecule has 0 aliphatic carbocycles. The van der Waals surface area contributed by atoms with E-state index in [0.29, 0.717) is 23.9 Å². The van der Waals surface area contributed by atoms with Gasteiger partial charge in [0, 0.05) is 6.42 Å². The van der Waals surface area contributed by atoms with Crippen molar-refractivity contribution in [2.24, 2.45) is 0 Å². The fourth-order valence-electron chi connectivity index (χ4n) is 6.68. The van der Waals surface area contributed by atoms with E-state index in [0.717, 1.165) is 83.5 Å². The molecule has 0 radical (unpaired) electrons. The SMILES string of the molecule is CC/C=C\C/C=C\C/C=C\C/C=C\C/C=C\C/C=C\C/C=C\CCCCCC(=O)NC(COP(=O)(O)OCC[N+](C)(C)C)C(O)/C=C/CC/C=C/CCCCCCCCCCCCCC. The van der Waals surface area contributed by atoms with Crippen LogP contribution in [-0.4, -0.2) is 73.4 Å². The van der Waals surface area contributed by atoms with Crippen LogP contribution in [0.25, 0.3) is 0 Å². The van der Waals surface area contributed by atoms with Crippen LogP contribution in [0.2, 0.25) is 0 Å². The van der Waals surface area contributed by atoms with Gasteiger partial charge in [0.05, 0.1) is 39.9 Å². The van der Waals surface area contributed by atoms with Crippen molar-refractivity contribution < 1.29 is 32.9 Å². The smallest absolute Gasteiger partial charge is 0.387 e. The highest BCUT2D eigenvalue weighted by molar-refractivity contribution is 7.47. The largest absolute Gasteiger partial charge is 0.472 e. The zero-order chi connectivity index (χ0) is 47.8. The van der Waals surface area contributed by atoms with E-state index < -0.39 is 20.0 Å². The first-order valence-electron chi connectivity index (χ1n) is 25.8. The number of nitrogens with one attached hydrogen (secondary N) is 1. The molecule has 65 heavy (non-hydrogen) atoms. The van der Waals surface area contributed by atoms with Gasteiger partial charge in [-0.15, -0.1) is 0 Å². The summed E-state index contributed by atoms with van der Waals surface area (Å²) < 4.78 is 23.6. The molecule has 0 aliphatic rings. The van der Waals surface area contributed by atoms with E-state index >= 15 is 0 Å². The van der Waals surface area contributed by atoms with Gasteiger partial charge in [0.15, 0.2) is 0 Å². The standard InChI is InChI=1S/C56H97N2O6P/c1-6-8-10-12-14-16-18-20-22-24-26-27-28-29-30-31-32-34-36-38-40-42-44-46-48-50-56(60)57-54(53-64-65(61,62)63-52-51-58(3,4)5)55(59)49-47-45-43-41-39-37-35-33-25-23-21-19-17-15-13-11-9-7-2/h8,10,14,16,20,22,26-27,29-30,32,34,38-41,47,49,54-55,59H,6-7,9,11-13,15,17-19,21,23-25,28,31,33,35-37,42-46,48,50-53H2,1-5H3,(H-,57,60,61,62)/p+1/b10-8-,16-14-,22-20-,27-26-,30-29-,34-32-,40-38-,41-39+,49-47+. The minimum Gasteiger partial charge on any atom is -0.387 e. The number of carbonyl (C=O) groups is 1. The van der Waals surface area contributed by atoms with Crippen molar-refractivity contribution in [1.29, 1.82) is 0 Å². The van der Waals surface area contributed by atoms with E-state index in [1.165, 1.54) is 77.0 Å². The number of aliphatic hydroxyl groups is 1. The molecule has 0 fully saturated rings. The maximum atomic E-state index is 12.9. The molecule has 0 aliphatic heterocycles.